The van der Waals surface area contributed by atoms with Gasteiger partial charge < -0.3 is 20.1 Å². The van der Waals surface area contributed by atoms with E-state index >= 15 is 0 Å². The van der Waals surface area contributed by atoms with E-state index in [2.05, 4.69) is 27.5 Å². The van der Waals surface area contributed by atoms with Crippen molar-refractivity contribution in [1.82, 2.24) is 14.4 Å². The summed E-state index contributed by atoms with van der Waals surface area (Å²) in [6.07, 6.45) is 3.51. The van der Waals surface area contributed by atoms with Gasteiger partial charge in [0.25, 0.3) is 5.56 Å². The van der Waals surface area contributed by atoms with Crippen LogP contribution in [0.15, 0.2) is 47.3 Å². The van der Waals surface area contributed by atoms with Gasteiger partial charge in [0.1, 0.15) is 0 Å². The number of likely N-dealkylation sites (tertiary alicyclic amines) is 2. The largest absolute Gasteiger partial charge is 0.323 e. The third-order valence-electron chi connectivity index (χ3n) is 7.10. The number of nitrogens with zero attached hydrogens (tertiary/aromatic N) is 3. The van der Waals surface area contributed by atoms with Crippen LogP contribution in [0.2, 0.25) is 0 Å². The summed E-state index contributed by atoms with van der Waals surface area (Å²) < 4.78 is 1.91. The minimum absolute atomic E-state index is 0.0338. The number of para-hydroxylation sites is 1. The second kappa shape index (κ2) is 8.48. The Morgan fingerprint density at radius 1 is 0.968 bits per heavy atom. The number of carbonyl (C=O) groups excluding carboxylic acids is 1. The Morgan fingerprint density at radius 3 is 2.52 bits per heavy atom. The number of nitrogens with one attached hydrogen (secondary N) is 2. The molecule has 7 nitrogen and oxygen atoms in total. The molecule has 3 aliphatic rings. The van der Waals surface area contributed by atoms with E-state index in [1.807, 2.05) is 34.9 Å². The number of carbonyl (C=O) groups is 1. The number of amides is 2. The third kappa shape index (κ3) is 4.25. The Bertz CT molecular complexity index is 997. The highest BCUT2D eigenvalue weighted by Gasteiger charge is 2.38. The minimum atomic E-state index is -0.280. The topological polar surface area (TPSA) is 69.6 Å². The van der Waals surface area contributed by atoms with Crippen LogP contribution in [-0.2, 0) is 6.54 Å². The van der Waals surface area contributed by atoms with Crippen LogP contribution in [0.1, 0.15) is 30.9 Å². The first-order chi connectivity index (χ1) is 15.1. The number of fused-ring (bicyclic) bond motifs is 4. The average Bonchev–Trinajstić information content (AvgIpc) is 2.77. The van der Waals surface area contributed by atoms with Gasteiger partial charge in [-0.2, -0.15) is 0 Å². The predicted octanol–water partition coefficient (Wildman–Crippen LogP) is 3.01. The lowest BCUT2D eigenvalue weighted by atomic mass is 9.81. The number of piperidine rings is 2. The van der Waals surface area contributed by atoms with Crippen molar-refractivity contribution in [1.29, 1.82) is 0 Å². The van der Waals surface area contributed by atoms with Crippen LogP contribution < -0.4 is 16.2 Å². The zero-order chi connectivity index (χ0) is 21.4. The number of urea groups is 1. The highest BCUT2D eigenvalue weighted by molar-refractivity contribution is 6.00. The summed E-state index contributed by atoms with van der Waals surface area (Å²) >= 11 is 0. The molecule has 0 spiro atoms. The molecule has 2 unspecified atom stereocenters. The quantitative estimate of drug-likeness (QED) is 0.799. The van der Waals surface area contributed by atoms with E-state index < -0.39 is 0 Å². The molecule has 3 aliphatic heterocycles. The standard InChI is InChI=1S/C24H31N5O2/c1-27-11-9-20(10-12-27)28-14-17-13-18(16-28)23-21(7-8-22(30)29(23)15-17)26-24(31)25-19-5-3-2-4-6-19/h2-8,17-18,20H,9-16H2,1H3,(H2,25,26,31). The highest BCUT2D eigenvalue weighted by Crippen LogP contribution is 2.40. The zero-order valence-electron chi connectivity index (χ0n) is 18.1. The molecule has 0 aliphatic carbocycles. The number of rotatable bonds is 3. The fourth-order valence-corrected chi connectivity index (χ4v) is 5.62. The molecule has 2 atom stereocenters. The van der Waals surface area contributed by atoms with Crippen molar-refractivity contribution in [3.8, 4) is 0 Å². The van der Waals surface area contributed by atoms with E-state index in [0.29, 0.717) is 12.0 Å². The van der Waals surface area contributed by atoms with Crippen molar-refractivity contribution in [3.05, 3.63) is 58.5 Å². The van der Waals surface area contributed by atoms with Crippen molar-refractivity contribution < 1.29 is 4.79 Å². The van der Waals surface area contributed by atoms with E-state index in [-0.39, 0.29) is 17.5 Å². The van der Waals surface area contributed by atoms with Gasteiger partial charge in [-0.1, -0.05) is 18.2 Å². The first-order valence-corrected chi connectivity index (χ1v) is 11.4. The SMILES string of the molecule is CN1CCC(N2CC3CC(C2)c2c(NC(=O)Nc4ccccc4)ccc(=O)n2C3)CC1. The van der Waals surface area contributed by atoms with Gasteiger partial charge in [-0.3, -0.25) is 9.69 Å². The molecule has 2 bridgehead atoms. The predicted molar refractivity (Wildman–Crippen MR) is 123 cm³/mol. The molecule has 31 heavy (non-hydrogen) atoms. The van der Waals surface area contributed by atoms with E-state index in [4.69, 9.17) is 0 Å². The molecule has 0 radical (unpaired) electrons. The van der Waals surface area contributed by atoms with Crippen LogP contribution in [0.3, 0.4) is 0 Å². The molecular weight excluding hydrogens is 390 g/mol. The molecule has 2 fully saturated rings. The summed E-state index contributed by atoms with van der Waals surface area (Å²) in [6.45, 7) is 5.08. The Morgan fingerprint density at radius 2 is 1.74 bits per heavy atom. The number of hydrogen-bond acceptors (Lipinski definition) is 4. The van der Waals surface area contributed by atoms with Gasteiger partial charge in [0, 0.05) is 49.0 Å². The average molecular weight is 422 g/mol. The molecule has 2 amide bonds. The fourth-order valence-electron chi connectivity index (χ4n) is 5.62. The minimum Gasteiger partial charge on any atom is -0.310 e. The van der Waals surface area contributed by atoms with Crippen molar-refractivity contribution in [3.63, 3.8) is 0 Å². The maximum Gasteiger partial charge on any atom is 0.323 e. The summed E-state index contributed by atoms with van der Waals surface area (Å²) in [5.74, 6) is 0.769. The van der Waals surface area contributed by atoms with Crippen molar-refractivity contribution in [2.24, 2.45) is 5.92 Å². The van der Waals surface area contributed by atoms with Gasteiger partial charge in [0.15, 0.2) is 0 Å². The maximum atomic E-state index is 12.7. The van der Waals surface area contributed by atoms with Crippen LogP contribution in [0.5, 0.6) is 0 Å². The number of anilines is 2. The maximum absolute atomic E-state index is 12.7. The molecule has 7 heteroatoms. The zero-order valence-corrected chi connectivity index (χ0v) is 18.1. The number of pyridine rings is 1. The van der Waals surface area contributed by atoms with Crippen molar-refractivity contribution >= 4 is 17.4 Å². The van der Waals surface area contributed by atoms with Gasteiger partial charge in [-0.05, 0) is 63.5 Å². The first-order valence-electron chi connectivity index (χ1n) is 11.4. The molecule has 1 aromatic heterocycles. The van der Waals surface area contributed by atoms with E-state index in [0.717, 1.165) is 56.2 Å². The Hall–Kier alpha value is -2.64. The highest BCUT2D eigenvalue weighted by atomic mass is 16.2. The third-order valence-corrected chi connectivity index (χ3v) is 7.10. The number of hydrogen-bond donors (Lipinski definition) is 2. The Balaban J connectivity index is 1.37. The van der Waals surface area contributed by atoms with Crippen LogP contribution in [0.25, 0.3) is 0 Å². The smallest absolute Gasteiger partial charge is 0.310 e. The Kier molecular flexibility index (Phi) is 5.54. The normalized spacial score (nSPS) is 24.4. The number of aromatic nitrogens is 1. The Labute approximate surface area is 183 Å². The lowest BCUT2D eigenvalue weighted by Crippen LogP contribution is -2.53. The molecule has 164 valence electrons. The van der Waals surface area contributed by atoms with Gasteiger partial charge in [-0.25, -0.2) is 4.79 Å². The lowest BCUT2D eigenvalue weighted by Gasteiger charge is -2.47. The second-order valence-electron chi connectivity index (χ2n) is 9.31. The van der Waals surface area contributed by atoms with Crippen LogP contribution in [0.4, 0.5) is 16.2 Å². The van der Waals surface area contributed by atoms with Crippen LogP contribution in [-0.4, -0.2) is 59.7 Å². The van der Waals surface area contributed by atoms with Crippen LogP contribution >= 0.6 is 0 Å². The van der Waals surface area contributed by atoms with Gasteiger partial charge in [0.2, 0.25) is 0 Å². The molecule has 2 saturated heterocycles. The molecule has 0 saturated carbocycles. The summed E-state index contributed by atoms with van der Waals surface area (Å²) in [4.78, 5) is 30.4. The number of benzene rings is 1. The second-order valence-corrected chi connectivity index (χ2v) is 9.31. The van der Waals surface area contributed by atoms with Gasteiger partial charge >= 0.3 is 6.03 Å². The fraction of sp³-hybridized carbons (Fsp3) is 0.500. The summed E-state index contributed by atoms with van der Waals surface area (Å²) in [6, 6.07) is 13.1. The van der Waals surface area contributed by atoms with Crippen molar-refractivity contribution in [2.45, 2.75) is 37.8 Å². The van der Waals surface area contributed by atoms with E-state index in [9.17, 15) is 9.59 Å². The van der Waals surface area contributed by atoms with E-state index in [1.54, 1.807) is 12.1 Å². The van der Waals surface area contributed by atoms with Crippen molar-refractivity contribution in [2.75, 3.05) is 43.9 Å². The molecule has 1 aromatic carbocycles. The first kappa shape index (κ1) is 20.3. The molecule has 5 rings (SSSR count). The van der Waals surface area contributed by atoms with Gasteiger partial charge in [0.05, 0.1) is 5.69 Å². The monoisotopic (exact) mass is 421 g/mol. The molecule has 2 N–H and O–H groups in total. The lowest BCUT2D eigenvalue weighted by molar-refractivity contribution is 0.0519. The summed E-state index contributed by atoms with van der Waals surface area (Å²) in [7, 11) is 2.20. The molecular formula is C24H31N5O2. The molecule has 4 heterocycles. The summed E-state index contributed by atoms with van der Waals surface area (Å²) in [5, 5.41) is 5.89. The summed E-state index contributed by atoms with van der Waals surface area (Å²) in [5.41, 5.74) is 2.52. The van der Waals surface area contributed by atoms with E-state index in [1.165, 1.54) is 12.8 Å². The van der Waals surface area contributed by atoms with Gasteiger partial charge in [-0.15, -0.1) is 0 Å². The molecule has 2 aromatic rings. The van der Waals surface area contributed by atoms with Crippen LogP contribution in [0, 0.1) is 5.92 Å².